The third-order valence-electron chi connectivity index (χ3n) is 3.74. The molecule has 0 spiro atoms. The van der Waals surface area contributed by atoms with Gasteiger partial charge in [0.1, 0.15) is 5.69 Å². The maximum Gasteiger partial charge on any atom is 0.276 e. The molecule has 4 nitrogen and oxygen atoms in total. The summed E-state index contributed by atoms with van der Waals surface area (Å²) in [4.78, 5) is 18.0. The normalized spacial score (nSPS) is 10.5. The molecule has 0 atom stereocenters. The quantitative estimate of drug-likeness (QED) is 0.699. The van der Waals surface area contributed by atoms with Gasteiger partial charge in [0.05, 0.1) is 5.69 Å². The van der Waals surface area contributed by atoms with E-state index in [0.29, 0.717) is 11.4 Å². The highest BCUT2D eigenvalue weighted by atomic mass is 19.2. The van der Waals surface area contributed by atoms with Gasteiger partial charge in [-0.25, -0.2) is 13.2 Å². The van der Waals surface area contributed by atoms with Gasteiger partial charge in [-0.3, -0.25) is 9.78 Å². The van der Waals surface area contributed by atoms with Gasteiger partial charge in [0.15, 0.2) is 17.5 Å². The highest BCUT2D eigenvalue weighted by Crippen LogP contribution is 2.24. The number of nitrogens with one attached hydrogen (secondary N) is 1. The second-order valence-corrected chi connectivity index (χ2v) is 5.48. The lowest BCUT2D eigenvalue weighted by molar-refractivity contribution is 0.0988. The average Bonchev–Trinajstić information content (AvgIpc) is 2.68. The van der Waals surface area contributed by atoms with Crippen molar-refractivity contribution >= 4 is 23.0 Å². The minimum Gasteiger partial charge on any atom is -0.353 e. The maximum absolute atomic E-state index is 13.8. The molecule has 1 N–H and O–H groups in total. The summed E-state index contributed by atoms with van der Waals surface area (Å²) >= 11 is 0. The van der Waals surface area contributed by atoms with E-state index in [2.05, 4.69) is 10.3 Å². The molecule has 0 fully saturated rings. The standard InChI is InChI=1S/C19H14F3N3O/c1-25(13-5-3-2-4-6-13)19(26)16-11-12(9-10-23-16)24-15-8-7-14(20)17(21)18(15)22/h2-11H,1H3,(H,23,24). The van der Waals surface area contributed by atoms with Crippen LogP contribution < -0.4 is 10.2 Å². The Balaban J connectivity index is 1.85. The molecule has 0 unspecified atom stereocenters. The summed E-state index contributed by atoms with van der Waals surface area (Å²) in [5.41, 5.74) is 0.869. The zero-order valence-corrected chi connectivity index (χ0v) is 13.7. The molecule has 1 aromatic heterocycles. The first-order chi connectivity index (χ1) is 12.5. The summed E-state index contributed by atoms with van der Waals surface area (Å²) in [5, 5.41) is 2.62. The number of benzene rings is 2. The predicted molar refractivity (Wildman–Crippen MR) is 93.0 cm³/mol. The molecule has 0 saturated heterocycles. The first-order valence-corrected chi connectivity index (χ1v) is 7.67. The van der Waals surface area contributed by atoms with Crippen molar-refractivity contribution < 1.29 is 18.0 Å². The Labute approximate surface area is 147 Å². The van der Waals surface area contributed by atoms with Crippen molar-refractivity contribution in [1.82, 2.24) is 4.98 Å². The molecule has 0 aliphatic heterocycles. The number of rotatable bonds is 4. The third-order valence-corrected chi connectivity index (χ3v) is 3.74. The zero-order chi connectivity index (χ0) is 18.7. The molecule has 1 amide bonds. The molecule has 7 heteroatoms. The van der Waals surface area contributed by atoms with Crippen LogP contribution in [-0.2, 0) is 0 Å². The Bertz CT molecular complexity index is 948. The predicted octanol–water partition coefficient (Wildman–Crippen LogP) is 4.52. The van der Waals surface area contributed by atoms with Gasteiger partial charge in [-0.2, -0.15) is 0 Å². The van der Waals surface area contributed by atoms with Crippen molar-refractivity contribution in [3.8, 4) is 0 Å². The SMILES string of the molecule is CN(C(=O)c1cc(Nc2ccc(F)c(F)c2F)ccn1)c1ccccc1. The molecule has 3 rings (SSSR count). The molecular weight excluding hydrogens is 343 g/mol. The summed E-state index contributed by atoms with van der Waals surface area (Å²) in [5.74, 6) is -4.55. The number of pyridine rings is 1. The molecule has 132 valence electrons. The van der Waals surface area contributed by atoms with Gasteiger partial charge in [0.25, 0.3) is 5.91 Å². The van der Waals surface area contributed by atoms with Crippen molar-refractivity contribution in [3.05, 3.63) is 83.9 Å². The fourth-order valence-electron chi connectivity index (χ4n) is 2.34. The number of carbonyl (C=O) groups is 1. The van der Waals surface area contributed by atoms with Crippen LogP contribution in [0.3, 0.4) is 0 Å². The number of hydrogen-bond acceptors (Lipinski definition) is 3. The highest BCUT2D eigenvalue weighted by molar-refractivity contribution is 6.04. The van der Waals surface area contributed by atoms with Crippen LogP contribution in [0.25, 0.3) is 0 Å². The first-order valence-electron chi connectivity index (χ1n) is 7.67. The number of aromatic nitrogens is 1. The second-order valence-electron chi connectivity index (χ2n) is 5.48. The number of nitrogens with zero attached hydrogens (tertiary/aromatic N) is 2. The monoisotopic (exact) mass is 357 g/mol. The van der Waals surface area contributed by atoms with Gasteiger partial charge in [0, 0.05) is 24.6 Å². The van der Waals surface area contributed by atoms with E-state index in [4.69, 9.17) is 0 Å². The van der Waals surface area contributed by atoms with E-state index in [0.717, 1.165) is 12.1 Å². The molecular formula is C19H14F3N3O. The van der Waals surface area contributed by atoms with E-state index in [-0.39, 0.29) is 17.3 Å². The Morgan fingerprint density at radius 3 is 2.46 bits per heavy atom. The van der Waals surface area contributed by atoms with Gasteiger partial charge >= 0.3 is 0 Å². The van der Waals surface area contributed by atoms with E-state index in [1.165, 1.54) is 23.2 Å². The van der Waals surface area contributed by atoms with Crippen molar-refractivity contribution in [2.45, 2.75) is 0 Å². The molecule has 0 bridgehead atoms. The number of carbonyl (C=O) groups excluding carboxylic acids is 1. The van der Waals surface area contributed by atoms with Crippen LogP contribution in [0.15, 0.2) is 60.8 Å². The summed E-state index contributed by atoms with van der Waals surface area (Å²) in [6.45, 7) is 0. The van der Waals surface area contributed by atoms with Crippen molar-refractivity contribution in [1.29, 1.82) is 0 Å². The van der Waals surface area contributed by atoms with E-state index in [1.807, 2.05) is 6.07 Å². The van der Waals surface area contributed by atoms with Crippen LogP contribution >= 0.6 is 0 Å². The molecule has 1 heterocycles. The van der Waals surface area contributed by atoms with Crippen LogP contribution in [-0.4, -0.2) is 17.9 Å². The van der Waals surface area contributed by atoms with E-state index >= 15 is 0 Å². The maximum atomic E-state index is 13.8. The van der Waals surface area contributed by atoms with Crippen LogP contribution in [0.1, 0.15) is 10.5 Å². The zero-order valence-electron chi connectivity index (χ0n) is 13.7. The summed E-state index contributed by atoms with van der Waals surface area (Å²) in [7, 11) is 1.61. The van der Waals surface area contributed by atoms with Crippen LogP contribution in [0, 0.1) is 17.5 Å². The van der Waals surface area contributed by atoms with Crippen molar-refractivity contribution in [2.24, 2.45) is 0 Å². The van der Waals surface area contributed by atoms with Gasteiger partial charge in [-0.15, -0.1) is 0 Å². The van der Waals surface area contributed by atoms with E-state index in [1.54, 1.807) is 31.3 Å². The van der Waals surface area contributed by atoms with Crippen LogP contribution in [0.2, 0.25) is 0 Å². The molecule has 0 aliphatic rings. The molecule has 2 aromatic carbocycles. The molecule has 0 radical (unpaired) electrons. The summed E-state index contributed by atoms with van der Waals surface area (Å²) in [6.07, 6.45) is 1.37. The average molecular weight is 357 g/mol. The number of amides is 1. The minimum absolute atomic E-state index is 0.115. The fraction of sp³-hybridized carbons (Fsp3) is 0.0526. The van der Waals surface area contributed by atoms with Crippen molar-refractivity contribution in [2.75, 3.05) is 17.3 Å². The first kappa shape index (κ1) is 17.5. The lowest BCUT2D eigenvalue weighted by Gasteiger charge is -2.17. The molecule has 26 heavy (non-hydrogen) atoms. The van der Waals surface area contributed by atoms with Gasteiger partial charge in [-0.05, 0) is 36.4 Å². The molecule has 0 saturated carbocycles. The van der Waals surface area contributed by atoms with E-state index < -0.39 is 17.5 Å². The number of hydrogen-bond donors (Lipinski definition) is 1. The smallest absolute Gasteiger partial charge is 0.276 e. The Kier molecular flexibility index (Phi) is 4.88. The molecule has 0 aliphatic carbocycles. The highest BCUT2D eigenvalue weighted by Gasteiger charge is 2.17. The lowest BCUT2D eigenvalue weighted by atomic mass is 10.2. The number of halogens is 3. The second kappa shape index (κ2) is 7.26. The van der Waals surface area contributed by atoms with Crippen LogP contribution in [0.4, 0.5) is 30.2 Å². The van der Waals surface area contributed by atoms with Crippen molar-refractivity contribution in [3.63, 3.8) is 0 Å². The summed E-state index contributed by atoms with van der Waals surface area (Å²) < 4.78 is 40.1. The largest absolute Gasteiger partial charge is 0.353 e. The van der Waals surface area contributed by atoms with Gasteiger partial charge in [-0.1, -0.05) is 18.2 Å². The van der Waals surface area contributed by atoms with Crippen LogP contribution in [0.5, 0.6) is 0 Å². The van der Waals surface area contributed by atoms with E-state index in [9.17, 15) is 18.0 Å². The Morgan fingerprint density at radius 2 is 1.73 bits per heavy atom. The van der Waals surface area contributed by atoms with Gasteiger partial charge < -0.3 is 10.2 Å². The molecule has 3 aromatic rings. The third kappa shape index (κ3) is 3.51. The van der Waals surface area contributed by atoms with Gasteiger partial charge in [0.2, 0.25) is 0 Å². The number of para-hydroxylation sites is 1. The summed E-state index contributed by atoms with van der Waals surface area (Å²) in [6, 6.07) is 13.8. The minimum atomic E-state index is -1.57. The lowest BCUT2D eigenvalue weighted by Crippen LogP contribution is -2.27. The Hall–Kier alpha value is -3.35. The topological polar surface area (TPSA) is 45.2 Å². The fourth-order valence-corrected chi connectivity index (χ4v) is 2.34. The Morgan fingerprint density at radius 1 is 1.00 bits per heavy atom. The number of anilines is 3.